The van der Waals surface area contributed by atoms with Gasteiger partial charge in [0.15, 0.2) is 0 Å². The average molecular weight is 685 g/mol. The number of aromatic nitrogens is 2. The molecule has 1 spiro atoms. The third-order valence-electron chi connectivity index (χ3n) is 11.2. The van der Waals surface area contributed by atoms with Gasteiger partial charge in [0.05, 0.1) is 35.6 Å². The van der Waals surface area contributed by atoms with Crippen molar-refractivity contribution < 1.29 is 27.9 Å². The van der Waals surface area contributed by atoms with Crippen molar-refractivity contribution in [2.75, 3.05) is 45.9 Å². The Bertz CT molecular complexity index is 1560. The summed E-state index contributed by atoms with van der Waals surface area (Å²) >= 11 is 0. The van der Waals surface area contributed by atoms with Gasteiger partial charge in [-0.05, 0) is 76.1 Å². The molecular formula is C35H52N6O6S. The SMILES string of the molecule is CCCCN1C(=O)C(C(O)C2CCCCC2)NC(=O)C12CCN(Cc1c(C)nn(-c3ccc(S(=O)(=O)N4CCOCC4)cc3)c1C)CC2. The molecule has 13 heteroatoms. The standard InChI is InChI=1S/C35H52N6O6S/c1-4-5-17-40-33(43)31(32(42)27-9-7-6-8-10-27)36-34(44)35(40)15-18-38(19-16-35)24-30-25(2)37-41(26(30)3)28-11-13-29(14-12-28)48(45,46)39-20-22-47-23-21-39/h11-14,27,31-32,42H,4-10,15-24H2,1-3H3,(H,36,44). The van der Waals surface area contributed by atoms with E-state index < -0.39 is 27.7 Å². The fourth-order valence-corrected chi connectivity index (χ4v) is 9.52. The fraction of sp³-hybridized carbons (Fsp3) is 0.686. The van der Waals surface area contributed by atoms with Gasteiger partial charge in [-0.1, -0.05) is 32.6 Å². The molecule has 2 aromatic rings. The lowest BCUT2D eigenvalue weighted by Crippen LogP contribution is -2.75. The van der Waals surface area contributed by atoms with Crippen molar-refractivity contribution in [3.8, 4) is 5.69 Å². The lowest BCUT2D eigenvalue weighted by Gasteiger charge is -2.52. The molecule has 4 heterocycles. The van der Waals surface area contributed by atoms with Gasteiger partial charge in [0.2, 0.25) is 21.8 Å². The van der Waals surface area contributed by atoms with Crippen molar-refractivity contribution in [2.45, 2.75) is 108 Å². The Morgan fingerprint density at radius 2 is 1.69 bits per heavy atom. The summed E-state index contributed by atoms with van der Waals surface area (Å²) in [6.45, 7) is 10.1. The summed E-state index contributed by atoms with van der Waals surface area (Å²) in [5, 5.41) is 19.1. The van der Waals surface area contributed by atoms with Gasteiger partial charge < -0.3 is 20.1 Å². The molecular weight excluding hydrogens is 632 g/mol. The molecule has 1 aliphatic carbocycles. The second-order valence-corrected chi connectivity index (χ2v) is 16.0. The molecule has 2 unspecified atom stereocenters. The van der Waals surface area contributed by atoms with Crippen LogP contribution in [0.4, 0.5) is 0 Å². The Labute approximate surface area is 284 Å². The number of unbranched alkanes of at least 4 members (excludes halogenated alkanes) is 1. The number of morpholine rings is 1. The second-order valence-electron chi connectivity index (χ2n) is 14.1. The number of benzene rings is 1. The van der Waals surface area contributed by atoms with E-state index in [1.807, 2.05) is 23.4 Å². The number of piperidine rings is 1. The number of nitrogens with zero attached hydrogens (tertiary/aromatic N) is 5. The molecule has 0 radical (unpaired) electrons. The highest BCUT2D eigenvalue weighted by molar-refractivity contribution is 7.89. The normalized spacial score (nSPS) is 23.8. The molecule has 264 valence electrons. The number of ether oxygens (including phenoxy) is 1. The number of carbonyl (C=O) groups excluding carboxylic acids is 2. The molecule has 3 aliphatic heterocycles. The molecule has 0 bridgehead atoms. The molecule has 4 aliphatic rings. The number of likely N-dealkylation sites (tertiary alicyclic amines) is 1. The van der Waals surface area contributed by atoms with Crippen LogP contribution in [0.5, 0.6) is 0 Å². The molecule has 2 atom stereocenters. The molecule has 1 aromatic carbocycles. The first-order chi connectivity index (χ1) is 23.1. The zero-order valence-corrected chi connectivity index (χ0v) is 29.5. The van der Waals surface area contributed by atoms with Crippen molar-refractivity contribution in [1.82, 2.24) is 29.2 Å². The Morgan fingerprint density at radius 3 is 2.33 bits per heavy atom. The number of amides is 2. The topological polar surface area (TPSA) is 137 Å². The van der Waals surface area contributed by atoms with E-state index >= 15 is 0 Å². The predicted octanol–water partition coefficient (Wildman–Crippen LogP) is 2.91. The Kier molecular flexibility index (Phi) is 10.6. The molecule has 6 rings (SSSR count). The minimum absolute atomic E-state index is 0.0467. The van der Waals surface area contributed by atoms with E-state index in [0.717, 1.165) is 67.6 Å². The third-order valence-corrected chi connectivity index (χ3v) is 13.1. The third kappa shape index (κ3) is 6.68. The van der Waals surface area contributed by atoms with E-state index in [1.54, 1.807) is 24.3 Å². The van der Waals surface area contributed by atoms with Gasteiger partial charge in [-0.2, -0.15) is 9.40 Å². The van der Waals surface area contributed by atoms with Crippen LogP contribution in [0.15, 0.2) is 29.2 Å². The number of sulfonamides is 1. The first-order valence-electron chi connectivity index (χ1n) is 17.8. The van der Waals surface area contributed by atoms with Gasteiger partial charge in [0.25, 0.3) is 0 Å². The number of carbonyl (C=O) groups is 2. The van der Waals surface area contributed by atoms with E-state index in [2.05, 4.69) is 17.1 Å². The van der Waals surface area contributed by atoms with Crippen LogP contribution in [0.1, 0.15) is 81.7 Å². The number of aliphatic hydroxyl groups excluding tert-OH is 1. The monoisotopic (exact) mass is 684 g/mol. The van der Waals surface area contributed by atoms with Crippen LogP contribution in [0.3, 0.4) is 0 Å². The van der Waals surface area contributed by atoms with E-state index in [4.69, 9.17) is 9.84 Å². The van der Waals surface area contributed by atoms with Crippen LogP contribution < -0.4 is 5.32 Å². The smallest absolute Gasteiger partial charge is 0.248 e. The summed E-state index contributed by atoms with van der Waals surface area (Å²) in [6, 6.07) is 6.00. The predicted molar refractivity (Wildman–Crippen MR) is 181 cm³/mol. The van der Waals surface area contributed by atoms with Crippen LogP contribution >= 0.6 is 0 Å². The number of rotatable bonds is 10. The van der Waals surface area contributed by atoms with Gasteiger partial charge in [-0.3, -0.25) is 14.5 Å². The minimum atomic E-state index is -3.58. The lowest BCUT2D eigenvalue weighted by molar-refractivity contribution is -0.166. The summed E-state index contributed by atoms with van der Waals surface area (Å²) < 4.78 is 34.8. The molecule has 1 saturated carbocycles. The summed E-state index contributed by atoms with van der Waals surface area (Å²) in [5.41, 5.74) is 2.86. The highest BCUT2D eigenvalue weighted by Gasteiger charge is 2.55. The number of hydrogen-bond acceptors (Lipinski definition) is 8. The van der Waals surface area contributed by atoms with Crippen molar-refractivity contribution >= 4 is 21.8 Å². The summed E-state index contributed by atoms with van der Waals surface area (Å²) in [4.78, 5) is 32.3. The van der Waals surface area contributed by atoms with Crippen LogP contribution in [-0.4, -0.2) is 113 Å². The van der Waals surface area contributed by atoms with Crippen molar-refractivity contribution in [2.24, 2.45) is 5.92 Å². The number of piperazine rings is 1. The van der Waals surface area contributed by atoms with Gasteiger partial charge in [-0.25, -0.2) is 13.1 Å². The van der Waals surface area contributed by atoms with Crippen molar-refractivity contribution in [3.05, 3.63) is 41.2 Å². The van der Waals surface area contributed by atoms with Gasteiger partial charge in [-0.15, -0.1) is 0 Å². The highest BCUT2D eigenvalue weighted by Crippen LogP contribution is 2.37. The Hall–Kier alpha value is -2.84. The largest absolute Gasteiger partial charge is 0.390 e. The number of aliphatic hydroxyl groups is 1. The number of nitrogens with one attached hydrogen (secondary N) is 1. The molecule has 1 aromatic heterocycles. The first-order valence-corrected chi connectivity index (χ1v) is 19.3. The fourth-order valence-electron chi connectivity index (χ4n) is 8.11. The molecule has 2 N–H and O–H groups in total. The summed E-state index contributed by atoms with van der Waals surface area (Å²) in [5.74, 6) is -0.214. The number of hydrogen-bond donors (Lipinski definition) is 2. The molecule has 3 saturated heterocycles. The summed E-state index contributed by atoms with van der Waals surface area (Å²) in [7, 11) is -3.58. The quantitative estimate of drug-likeness (QED) is 0.390. The Morgan fingerprint density at radius 1 is 1.02 bits per heavy atom. The van der Waals surface area contributed by atoms with Crippen LogP contribution in [0, 0.1) is 19.8 Å². The zero-order valence-electron chi connectivity index (χ0n) is 28.7. The van der Waals surface area contributed by atoms with Gasteiger partial charge in [0, 0.05) is 50.5 Å². The zero-order chi connectivity index (χ0) is 34.1. The molecule has 2 amide bonds. The highest BCUT2D eigenvalue weighted by atomic mass is 32.2. The van der Waals surface area contributed by atoms with Crippen molar-refractivity contribution in [1.29, 1.82) is 0 Å². The van der Waals surface area contributed by atoms with Gasteiger partial charge in [0.1, 0.15) is 11.6 Å². The summed E-state index contributed by atoms with van der Waals surface area (Å²) in [6.07, 6.45) is 7.01. The van der Waals surface area contributed by atoms with E-state index in [-0.39, 0.29) is 22.6 Å². The minimum Gasteiger partial charge on any atom is -0.390 e. The number of aryl methyl sites for hydroxylation is 1. The maximum atomic E-state index is 14.0. The van der Waals surface area contributed by atoms with Gasteiger partial charge >= 0.3 is 0 Å². The van der Waals surface area contributed by atoms with E-state index in [1.165, 1.54) is 4.31 Å². The van der Waals surface area contributed by atoms with E-state index in [0.29, 0.717) is 65.3 Å². The molecule has 48 heavy (non-hydrogen) atoms. The first kappa shape index (κ1) is 35.0. The maximum absolute atomic E-state index is 14.0. The van der Waals surface area contributed by atoms with E-state index in [9.17, 15) is 23.1 Å². The molecule has 12 nitrogen and oxygen atoms in total. The second kappa shape index (κ2) is 14.6. The van der Waals surface area contributed by atoms with Crippen molar-refractivity contribution in [3.63, 3.8) is 0 Å². The van der Waals surface area contributed by atoms with Crippen LogP contribution in [0.25, 0.3) is 5.69 Å². The van der Waals surface area contributed by atoms with Crippen LogP contribution in [-0.2, 0) is 30.9 Å². The Balaban J connectivity index is 1.14. The lowest BCUT2D eigenvalue weighted by atomic mass is 9.78. The molecule has 4 fully saturated rings. The van der Waals surface area contributed by atoms with Crippen LogP contribution in [0.2, 0.25) is 0 Å². The average Bonchev–Trinajstić information content (AvgIpc) is 3.39. The maximum Gasteiger partial charge on any atom is 0.248 e.